The van der Waals surface area contributed by atoms with Crippen LogP contribution in [0.4, 0.5) is 5.69 Å². The Kier molecular flexibility index (Phi) is 15.0. The number of para-hydroxylation sites is 1. The standard InChI is InChI=1S/C53H71N5O7/c1-32-44-27-45(53(44,4)5)33(2)48(32)55-52(62)49-47(34(3)60)46(30-59)65-58(49)28-37-17-14-18-43(50(37)64-31-36-19-21-42(63-10)22-20-36)38-24-39(26-41(25-38)57(8)9)51(61)54-40(29-56(6)7)23-35-15-12-11-13-16-35/h11-22,24-26,32-34,40,44-49,59-60H,23,27-31H2,1-10H3,(H,54,61)(H,55,62)/t32-,33-,34-,40-,44-,45+,46-,47-,48+,49-/m0/s1. The number of nitrogens with zero attached hydrogens (tertiary/aromatic N) is 3. The molecule has 3 aliphatic carbocycles. The molecule has 65 heavy (non-hydrogen) atoms. The number of benzene rings is 4. The lowest BCUT2D eigenvalue weighted by atomic mass is 9.41. The molecule has 1 aliphatic heterocycles. The molecule has 4 aromatic carbocycles. The van der Waals surface area contributed by atoms with Crippen molar-refractivity contribution in [3.63, 3.8) is 0 Å². The zero-order chi connectivity index (χ0) is 46.7. The van der Waals surface area contributed by atoms with E-state index in [2.05, 4.69) is 55.4 Å². The number of amides is 2. The first kappa shape index (κ1) is 48.0. The van der Waals surface area contributed by atoms with Crippen molar-refractivity contribution in [2.45, 2.75) is 90.9 Å². The molecule has 1 saturated heterocycles. The lowest BCUT2D eigenvalue weighted by Crippen LogP contribution is -2.66. The molecule has 12 nitrogen and oxygen atoms in total. The summed E-state index contributed by atoms with van der Waals surface area (Å²) in [4.78, 5) is 39.6. The summed E-state index contributed by atoms with van der Waals surface area (Å²) in [6.45, 7) is 11.5. The van der Waals surface area contributed by atoms with Gasteiger partial charge < -0.3 is 40.1 Å². The van der Waals surface area contributed by atoms with Crippen LogP contribution in [0.5, 0.6) is 11.5 Å². The van der Waals surface area contributed by atoms with E-state index in [0.29, 0.717) is 36.1 Å². The van der Waals surface area contributed by atoms with Crippen LogP contribution in [0, 0.1) is 35.0 Å². The molecular formula is C53H71N5O7. The second-order valence-corrected chi connectivity index (χ2v) is 19.9. The molecule has 12 heteroatoms. The fourth-order valence-electron chi connectivity index (χ4n) is 11.2. The van der Waals surface area contributed by atoms with Crippen LogP contribution in [0.2, 0.25) is 0 Å². The molecule has 4 aromatic rings. The molecule has 350 valence electrons. The molecule has 4 fully saturated rings. The molecule has 4 N–H and O–H groups in total. The van der Waals surface area contributed by atoms with Gasteiger partial charge >= 0.3 is 0 Å². The first-order valence-electron chi connectivity index (χ1n) is 23.2. The zero-order valence-corrected chi connectivity index (χ0v) is 40.0. The highest BCUT2D eigenvalue weighted by Crippen LogP contribution is 2.63. The molecule has 3 saturated carbocycles. The Morgan fingerprint density at radius 1 is 0.923 bits per heavy atom. The third kappa shape index (κ3) is 10.4. The largest absolute Gasteiger partial charge is 0.497 e. The Bertz CT molecular complexity index is 2230. The summed E-state index contributed by atoms with van der Waals surface area (Å²) in [7, 11) is 9.55. The molecule has 0 aromatic heterocycles. The first-order valence-corrected chi connectivity index (χ1v) is 23.2. The maximum Gasteiger partial charge on any atom is 0.251 e. The van der Waals surface area contributed by atoms with Crippen molar-refractivity contribution in [3.8, 4) is 22.6 Å². The minimum atomic E-state index is -0.943. The minimum Gasteiger partial charge on any atom is -0.497 e. The van der Waals surface area contributed by atoms with Gasteiger partial charge in [0, 0.05) is 61.0 Å². The highest BCUT2D eigenvalue weighted by molar-refractivity contribution is 5.97. The number of carbonyl (C=O) groups is 2. The van der Waals surface area contributed by atoms with E-state index < -0.39 is 24.2 Å². The molecule has 0 unspecified atom stereocenters. The number of aliphatic hydroxyl groups is 2. The van der Waals surface area contributed by atoms with Gasteiger partial charge in [-0.15, -0.1) is 0 Å². The molecule has 0 radical (unpaired) electrons. The second-order valence-electron chi connectivity index (χ2n) is 19.9. The van der Waals surface area contributed by atoms with E-state index >= 15 is 0 Å². The highest BCUT2D eigenvalue weighted by Gasteiger charge is 2.60. The number of likely N-dealkylation sites (N-methyl/N-ethyl adjacent to an activating group) is 1. The van der Waals surface area contributed by atoms with Crippen molar-refractivity contribution >= 4 is 17.5 Å². The van der Waals surface area contributed by atoms with Gasteiger partial charge in [-0.05, 0) is 110 Å². The van der Waals surface area contributed by atoms with E-state index in [1.807, 2.05) is 112 Å². The van der Waals surface area contributed by atoms with Crippen LogP contribution >= 0.6 is 0 Å². The third-order valence-electron chi connectivity index (χ3n) is 14.7. The minimum absolute atomic E-state index is 0.0254. The van der Waals surface area contributed by atoms with Crippen LogP contribution in [-0.4, -0.2) is 111 Å². The number of carbonyl (C=O) groups excluding carboxylic acids is 2. The summed E-state index contributed by atoms with van der Waals surface area (Å²) in [6.07, 6.45) is 0.108. The number of hydroxylamine groups is 2. The number of hydrogen-bond acceptors (Lipinski definition) is 10. The summed E-state index contributed by atoms with van der Waals surface area (Å²) in [5.41, 5.74) is 5.88. The highest BCUT2D eigenvalue weighted by atomic mass is 16.7. The number of anilines is 1. The Labute approximate surface area is 386 Å². The lowest BCUT2D eigenvalue weighted by molar-refractivity contribution is -0.185. The molecular weight excluding hydrogens is 819 g/mol. The van der Waals surface area contributed by atoms with Gasteiger partial charge in [0.05, 0.1) is 26.4 Å². The van der Waals surface area contributed by atoms with Crippen LogP contribution in [0.25, 0.3) is 11.1 Å². The van der Waals surface area contributed by atoms with Gasteiger partial charge in [-0.1, -0.05) is 88.4 Å². The molecule has 2 amide bonds. The summed E-state index contributed by atoms with van der Waals surface area (Å²) in [5, 5.41) is 30.2. The van der Waals surface area contributed by atoms with Gasteiger partial charge in [0.15, 0.2) is 0 Å². The monoisotopic (exact) mass is 890 g/mol. The Hall–Kier alpha value is -4.98. The van der Waals surface area contributed by atoms with Crippen molar-refractivity contribution < 1.29 is 34.1 Å². The van der Waals surface area contributed by atoms with Gasteiger partial charge in [-0.2, -0.15) is 5.06 Å². The van der Waals surface area contributed by atoms with E-state index in [-0.39, 0.29) is 60.9 Å². The molecule has 8 rings (SSSR count). The second kappa shape index (κ2) is 20.3. The Morgan fingerprint density at radius 3 is 2.22 bits per heavy atom. The van der Waals surface area contributed by atoms with Gasteiger partial charge in [0.25, 0.3) is 5.91 Å². The maximum absolute atomic E-state index is 14.7. The Balaban J connectivity index is 1.25. The van der Waals surface area contributed by atoms with Crippen molar-refractivity contribution in [1.29, 1.82) is 0 Å². The van der Waals surface area contributed by atoms with E-state index in [1.54, 1.807) is 19.1 Å². The van der Waals surface area contributed by atoms with Crippen molar-refractivity contribution in [2.24, 2.45) is 35.0 Å². The summed E-state index contributed by atoms with van der Waals surface area (Å²) in [5.74, 6) is 1.79. The normalized spacial score (nSPS) is 25.6. The van der Waals surface area contributed by atoms with E-state index in [0.717, 1.165) is 39.3 Å². The van der Waals surface area contributed by atoms with Crippen molar-refractivity contribution in [3.05, 3.63) is 113 Å². The third-order valence-corrected chi connectivity index (χ3v) is 14.7. The Morgan fingerprint density at radius 2 is 1.62 bits per heavy atom. The lowest BCUT2D eigenvalue weighted by Gasteiger charge is -2.65. The number of ether oxygens (including phenoxy) is 2. The number of aliphatic hydroxyl groups excluding tert-OH is 2. The molecule has 10 atom stereocenters. The van der Waals surface area contributed by atoms with Crippen molar-refractivity contribution in [1.82, 2.24) is 20.6 Å². The number of rotatable bonds is 18. The van der Waals surface area contributed by atoms with Gasteiger partial charge in [0.1, 0.15) is 30.3 Å². The summed E-state index contributed by atoms with van der Waals surface area (Å²) in [6, 6.07) is 28.6. The smallest absolute Gasteiger partial charge is 0.251 e. The summed E-state index contributed by atoms with van der Waals surface area (Å²) < 4.78 is 12.3. The van der Waals surface area contributed by atoms with Crippen LogP contribution < -0.4 is 25.0 Å². The molecule has 2 bridgehead atoms. The predicted molar refractivity (Wildman–Crippen MR) is 256 cm³/mol. The van der Waals surface area contributed by atoms with E-state index in [4.69, 9.17) is 14.3 Å². The van der Waals surface area contributed by atoms with Gasteiger partial charge in [-0.3, -0.25) is 14.4 Å². The predicted octanol–water partition coefficient (Wildman–Crippen LogP) is 6.82. The maximum atomic E-state index is 14.7. The van der Waals surface area contributed by atoms with Crippen LogP contribution in [0.1, 0.15) is 68.1 Å². The quantitative estimate of drug-likeness (QED) is 0.0844. The average Bonchev–Trinajstić information content (AvgIpc) is 3.65. The SMILES string of the molecule is COc1ccc(COc2c(CN3O[C@@H](CO)[C@H]([C@H](C)O)[C@H]3C(=O)N[C@H]3[C@@H](C)[C@H]4C[C@@H]([C@@H]3C)C4(C)C)cccc2-c2cc(C(=O)N[C@@H](Cc3ccccc3)CN(C)C)cc(N(C)C)c2)cc1. The van der Waals surface area contributed by atoms with Crippen LogP contribution in [0.3, 0.4) is 0 Å². The molecule has 1 heterocycles. The summed E-state index contributed by atoms with van der Waals surface area (Å²) >= 11 is 0. The fraction of sp³-hybridized carbons (Fsp3) is 0.509. The van der Waals surface area contributed by atoms with Gasteiger partial charge in [0.2, 0.25) is 5.91 Å². The topological polar surface area (TPSA) is 136 Å². The number of nitrogens with one attached hydrogen (secondary N) is 2. The van der Waals surface area contributed by atoms with E-state index in [1.165, 1.54) is 6.42 Å². The number of fused-ring (bicyclic) bond motifs is 2. The van der Waals surface area contributed by atoms with E-state index in [9.17, 15) is 19.8 Å². The zero-order valence-electron chi connectivity index (χ0n) is 40.0. The van der Waals surface area contributed by atoms with Crippen LogP contribution in [0.15, 0.2) is 91.0 Å². The molecule has 0 spiro atoms. The van der Waals surface area contributed by atoms with Gasteiger partial charge in [-0.25, -0.2) is 0 Å². The molecule has 4 aliphatic rings. The average molecular weight is 890 g/mol. The van der Waals surface area contributed by atoms with Crippen LogP contribution in [-0.2, 0) is 29.2 Å². The fourth-order valence-corrected chi connectivity index (χ4v) is 11.2. The van der Waals surface area contributed by atoms with Crippen molar-refractivity contribution in [2.75, 3.05) is 53.4 Å². The number of methoxy groups -OCH3 is 1. The first-order chi connectivity index (χ1) is 31.0. The number of hydrogen-bond donors (Lipinski definition) is 4.